The molecule has 0 heterocycles. The number of nitrogens with two attached hydrogens (primary N) is 1. The molecule has 0 aliphatic heterocycles. The molecule has 0 unspecified atom stereocenters. The van der Waals surface area contributed by atoms with Crippen molar-refractivity contribution < 1.29 is 22.7 Å². The van der Waals surface area contributed by atoms with Gasteiger partial charge in [0.05, 0.1) is 35.4 Å². The summed E-state index contributed by atoms with van der Waals surface area (Å²) in [5, 5.41) is 22.3. The van der Waals surface area contributed by atoms with Crippen molar-refractivity contribution in [3.05, 3.63) is 29.3 Å². The van der Waals surface area contributed by atoms with Crippen LogP contribution in [0.25, 0.3) is 0 Å². The van der Waals surface area contributed by atoms with E-state index in [9.17, 15) is 18.0 Å². The van der Waals surface area contributed by atoms with Gasteiger partial charge in [-0.05, 0) is 24.6 Å². The first-order valence-electron chi connectivity index (χ1n) is 7.53. The molecule has 0 aromatic heterocycles. The summed E-state index contributed by atoms with van der Waals surface area (Å²) < 4.78 is 27.9. The molecule has 0 spiro atoms. The Morgan fingerprint density at radius 2 is 1.77 bits per heavy atom. The van der Waals surface area contributed by atoms with Gasteiger partial charge in [-0.25, -0.2) is 18.4 Å². The third-order valence-corrected chi connectivity index (χ3v) is 4.45. The number of aryl methyl sites for hydroxylation is 1. The number of hydrogen-bond donors (Lipinski definition) is 1. The van der Waals surface area contributed by atoms with Gasteiger partial charge in [-0.15, -0.1) is 0 Å². The first-order valence-corrected chi connectivity index (χ1v) is 9.07. The molecule has 0 saturated heterocycles. The summed E-state index contributed by atoms with van der Waals surface area (Å²) in [5.41, 5.74) is 0.312. The fourth-order valence-corrected chi connectivity index (χ4v) is 2.87. The molecule has 2 N–H and O–H groups in total. The molecule has 138 valence electrons. The Morgan fingerprint density at radius 1 is 1.19 bits per heavy atom. The molecule has 10 heteroatoms. The minimum atomic E-state index is -4.00. The molecule has 1 aromatic carbocycles. The first kappa shape index (κ1) is 21.1. The van der Waals surface area contributed by atoms with Gasteiger partial charge >= 0.3 is 5.97 Å². The maximum absolute atomic E-state index is 12.1. The minimum Gasteiger partial charge on any atom is -0.452 e. The molecule has 0 aliphatic carbocycles. The molecular formula is C16H18N4O5S. The van der Waals surface area contributed by atoms with Gasteiger partial charge in [0, 0.05) is 13.1 Å². The van der Waals surface area contributed by atoms with Crippen LogP contribution in [-0.4, -0.2) is 44.9 Å². The van der Waals surface area contributed by atoms with Crippen molar-refractivity contribution in [3.63, 3.8) is 0 Å². The van der Waals surface area contributed by atoms with Crippen LogP contribution in [0.2, 0.25) is 0 Å². The van der Waals surface area contributed by atoms with E-state index < -0.39 is 28.5 Å². The number of amides is 1. The maximum Gasteiger partial charge on any atom is 0.338 e. The number of nitrogens with zero attached hydrogens (tertiary/aromatic N) is 3. The van der Waals surface area contributed by atoms with Gasteiger partial charge in [0.2, 0.25) is 10.0 Å². The zero-order valence-electron chi connectivity index (χ0n) is 14.1. The van der Waals surface area contributed by atoms with Crippen LogP contribution < -0.4 is 5.14 Å². The van der Waals surface area contributed by atoms with Crippen molar-refractivity contribution in [1.29, 1.82) is 10.5 Å². The normalized spacial score (nSPS) is 10.5. The van der Waals surface area contributed by atoms with E-state index in [1.54, 1.807) is 0 Å². The van der Waals surface area contributed by atoms with E-state index in [0.717, 1.165) is 6.07 Å². The van der Waals surface area contributed by atoms with Gasteiger partial charge in [-0.2, -0.15) is 10.5 Å². The number of hydrogen-bond acceptors (Lipinski definition) is 7. The summed E-state index contributed by atoms with van der Waals surface area (Å²) in [5.74, 6) is -1.44. The van der Waals surface area contributed by atoms with Crippen LogP contribution in [0.3, 0.4) is 0 Å². The van der Waals surface area contributed by atoms with E-state index in [0.29, 0.717) is 5.56 Å². The van der Waals surface area contributed by atoms with Crippen LogP contribution in [0.4, 0.5) is 0 Å². The molecule has 1 aromatic rings. The van der Waals surface area contributed by atoms with Crippen molar-refractivity contribution in [2.24, 2.45) is 5.14 Å². The molecule has 1 rings (SSSR count). The van der Waals surface area contributed by atoms with Crippen LogP contribution >= 0.6 is 0 Å². The summed E-state index contributed by atoms with van der Waals surface area (Å²) in [6.45, 7) is 1.18. The first-order chi connectivity index (χ1) is 12.2. The minimum absolute atomic E-state index is 0.0620. The fraction of sp³-hybridized carbons (Fsp3) is 0.375. The van der Waals surface area contributed by atoms with Crippen LogP contribution in [0.15, 0.2) is 23.1 Å². The topological polar surface area (TPSA) is 154 Å². The zero-order chi connectivity index (χ0) is 19.7. The van der Waals surface area contributed by atoms with Crippen molar-refractivity contribution in [1.82, 2.24) is 4.90 Å². The lowest BCUT2D eigenvalue weighted by Crippen LogP contribution is -2.36. The Balaban J connectivity index is 2.80. The number of esters is 1. The van der Waals surface area contributed by atoms with Crippen LogP contribution in [0.1, 0.15) is 28.8 Å². The van der Waals surface area contributed by atoms with E-state index >= 15 is 0 Å². The van der Waals surface area contributed by atoms with Gasteiger partial charge in [0.25, 0.3) is 5.91 Å². The zero-order valence-corrected chi connectivity index (χ0v) is 15.0. The van der Waals surface area contributed by atoms with Gasteiger partial charge < -0.3 is 9.64 Å². The van der Waals surface area contributed by atoms with E-state index in [2.05, 4.69) is 0 Å². The third-order valence-electron chi connectivity index (χ3n) is 3.40. The molecule has 1 amide bonds. The third kappa shape index (κ3) is 6.16. The number of carbonyl (C=O) groups is 2. The summed E-state index contributed by atoms with van der Waals surface area (Å²) >= 11 is 0. The largest absolute Gasteiger partial charge is 0.452 e. The van der Waals surface area contributed by atoms with Crippen LogP contribution in [-0.2, 0) is 19.6 Å². The predicted octanol–water partition coefficient (Wildman–Crippen LogP) is 0.455. The molecule has 0 radical (unpaired) electrons. The maximum atomic E-state index is 12.1. The standard InChI is InChI=1S/C16H18N4O5S/c1-12-4-5-13(10-14(12)26(19,23)24)16(22)25-11-15(21)20(8-2-6-17)9-3-7-18/h4-5,10H,2-3,8-9,11H2,1H3,(H2,19,23,24). The Bertz CT molecular complexity index is 850. The number of rotatable bonds is 8. The number of sulfonamides is 1. The Kier molecular flexibility index (Phi) is 7.72. The average molecular weight is 378 g/mol. The molecule has 0 atom stereocenters. The smallest absolute Gasteiger partial charge is 0.338 e. The van der Waals surface area contributed by atoms with Gasteiger partial charge in [0.15, 0.2) is 6.61 Å². The second-order valence-electron chi connectivity index (χ2n) is 5.30. The number of carbonyl (C=O) groups excluding carboxylic acids is 2. The summed E-state index contributed by atoms with van der Waals surface area (Å²) in [4.78, 5) is 25.2. The number of primary sulfonamides is 1. The summed E-state index contributed by atoms with van der Waals surface area (Å²) in [6.07, 6.45) is 0.168. The molecule has 26 heavy (non-hydrogen) atoms. The van der Waals surface area contributed by atoms with Crippen LogP contribution in [0.5, 0.6) is 0 Å². The average Bonchev–Trinajstić information content (AvgIpc) is 2.58. The van der Waals surface area contributed by atoms with Gasteiger partial charge in [0.1, 0.15) is 0 Å². The Labute approximate surface area is 151 Å². The highest BCUT2D eigenvalue weighted by Crippen LogP contribution is 2.16. The van der Waals surface area contributed by atoms with E-state index in [1.165, 1.54) is 24.0 Å². The molecule has 0 aliphatic rings. The molecule has 9 nitrogen and oxygen atoms in total. The number of nitriles is 2. The Morgan fingerprint density at radius 3 is 2.27 bits per heavy atom. The lowest BCUT2D eigenvalue weighted by Gasteiger charge is -2.20. The number of ether oxygens (including phenoxy) is 1. The summed E-state index contributed by atoms with van der Waals surface area (Å²) in [6, 6.07) is 7.64. The monoisotopic (exact) mass is 378 g/mol. The quantitative estimate of drug-likeness (QED) is 0.644. The predicted molar refractivity (Wildman–Crippen MR) is 89.9 cm³/mol. The SMILES string of the molecule is Cc1ccc(C(=O)OCC(=O)N(CCC#N)CCC#N)cc1S(N)(=O)=O. The lowest BCUT2D eigenvalue weighted by molar-refractivity contribution is -0.134. The van der Waals surface area contributed by atoms with Gasteiger partial charge in [-0.3, -0.25) is 4.79 Å². The molecule has 0 bridgehead atoms. The second kappa shape index (κ2) is 9.51. The van der Waals surface area contributed by atoms with E-state index in [4.69, 9.17) is 20.4 Å². The van der Waals surface area contributed by atoms with Crippen molar-refractivity contribution in [2.75, 3.05) is 19.7 Å². The van der Waals surface area contributed by atoms with E-state index in [1.807, 2.05) is 12.1 Å². The highest BCUT2D eigenvalue weighted by molar-refractivity contribution is 7.89. The van der Waals surface area contributed by atoms with Crippen molar-refractivity contribution in [2.45, 2.75) is 24.7 Å². The van der Waals surface area contributed by atoms with Crippen molar-refractivity contribution >= 4 is 21.9 Å². The molecular weight excluding hydrogens is 360 g/mol. The lowest BCUT2D eigenvalue weighted by atomic mass is 10.1. The fourth-order valence-electron chi connectivity index (χ4n) is 2.07. The van der Waals surface area contributed by atoms with Crippen LogP contribution in [0, 0.1) is 29.6 Å². The second-order valence-corrected chi connectivity index (χ2v) is 6.83. The molecule has 0 fully saturated rings. The highest BCUT2D eigenvalue weighted by Gasteiger charge is 2.19. The van der Waals surface area contributed by atoms with E-state index in [-0.39, 0.29) is 36.4 Å². The number of benzene rings is 1. The Hall–Kier alpha value is -2.95. The summed E-state index contributed by atoms with van der Waals surface area (Å²) in [7, 11) is -4.00. The van der Waals surface area contributed by atoms with Crippen molar-refractivity contribution in [3.8, 4) is 12.1 Å². The van der Waals surface area contributed by atoms with Gasteiger partial charge in [-0.1, -0.05) is 6.07 Å². The highest BCUT2D eigenvalue weighted by atomic mass is 32.2. The molecule has 0 saturated carbocycles.